The minimum absolute atomic E-state index is 0.00470. The fraction of sp³-hybridized carbons (Fsp3) is 0.769. The van der Waals surface area contributed by atoms with Crippen LogP contribution in [-0.2, 0) is 9.59 Å². The van der Waals surface area contributed by atoms with Gasteiger partial charge in [0.15, 0.2) is 0 Å². The Labute approximate surface area is 119 Å². The molecule has 0 aromatic carbocycles. The number of urea groups is 1. The first kappa shape index (κ1) is 18.2. The van der Waals surface area contributed by atoms with Crippen molar-refractivity contribution in [2.75, 3.05) is 27.2 Å². The van der Waals surface area contributed by atoms with E-state index < -0.39 is 5.97 Å². The summed E-state index contributed by atoms with van der Waals surface area (Å²) in [6, 6.07) is -0.317. The lowest BCUT2D eigenvalue weighted by molar-refractivity contribution is -0.137. The monoisotopic (exact) mass is 287 g/mol. The molecule has 0 fully saturated rings. The predicted octanol–water partition coefficient (Wildman–Crippen LogP) is 0.655. The first-order valence-corrected chi connectivity index (χ1v) is 6.59. The summed E-state index contributed by atoms with van der Waals surface area (Å²) >= 11 is 0. The van der Waals surface area contributed by atoms with Crippen LogP contribution < -0.4 is 10.6 Å². The molecule has 0 aromatic rings. The molecule has 0 saturated heterocycles. The third-order valence-corrected chi connectivity index (χ3v) is 3.10. The topological polar surface area (TPSA) is 98.7 Å². The maximum atomic E-state index is 11.7. The van der Waals surface area contributed by atoms with Crippen LogP contribution in [0.1, 0.15) is 33.1 Å². The summed E-state index contributed by atoms with van der Waals surface area (Å²) < 4.78 is 0. The van der Waals surface area contributed by atoms with Crippen molar-refractivity contribution in [3.63, 3.8) is 0 Å². The molecule has 0 rings (SSSR count). The first-order valence-electron chi connectivity index (χ1n) is 6.59. The lowest BCUT2D eigenvalue weighted by Crippen LogP contribution is -2.43. The van der Waals surface area contributed by atoms with Crippen molar-refractivity contribution >= 4 is 17.9 Å². The second-order valence-electron chi connectivity index (χ2n) is 5.57. The number of carbonyl (C=O) groups excluding carboxylic acids is 2. The minimum Gasteiger partial charge on any atom is -0.481 e. The molecule has 116 valence electrons. The number of carbonyl (C=O) groups is 3. The van der Waals surface area contributed by atoms with Crippen molar-refractivity contribution in [3.8, 4) is 0 Å². The largest absolute Gasteiger partial charge is 0.481 e. The van der Waals surface area contributed by atoms with Gasteiger partial charge in [0, 0.05) is 27.1 Å². The molecule has 3 N–H and O–H groups in total. The molecular formula is C13H25N3O4. The van der Waals surface area contributed by atoms with E-state index in [1.54, 1.807) is 7.05 Å². The zero-order chi connectivity index (χ0) is 15.8. The van der Waals surface area contributed by atoms with Gasteiger partial charge in [0.25, 0.3) is 0 Å². The quantitative estimate of drug-likeness (QED) is 0.610. The number of hydrogen-bond acceptors (Lipinski definition) is 3. The van der Waals surface area contributed by atoms with Crippen LogP contribution in [0, 0.1) is 5.41 Å². The zero-order valence-electron chi connectivity index (χ0n) is 12.7. The Morgan fingerprint density at radius 1 is 1.20 bits per heavy atom. The van der Waals surface area contributed by atoms with Crippen molar-refractivity contribution in [1.82, 2.24) is 15.5 Å². The van der Waals surface area contributed by atoms with E-state index in [9.17, 15) is 14.4 Å². The van der Waals surface area contributed by atoms with Gasteiger partial charge >= 0.3 is 12.0 Å². The molecule has 0 heterocycles. The van der Waals surface area contributed by atoms with E-state index in [1.165, 1.54) is 11.9 Å². The van der Waals surface area contributed by atoms with E-state index in [-0.39, 0.29) is 30.3 Å². The summed E-state index contributed by atoms with van der Waals surface area (Å²) in [5.41, 5.74) is -0.148. The van der Waals surface area contributed by atoms with E-state index in [1.807, 2.05) is 13.8 Å². The van der Waals surface area contributed by atoms with Crippen LogP contribution in [0.5, 0.6) is 0 Å². The smallest absolute Gasteiger partial charge is 0.317 e. The second kappa shape index (κ2) is 8.39. The number of nitrogens with one attached hydrogen (secondary N) is 2. The van der Waals surface area contributed by atoms with Crippen LogP contribution in [0.15, 0.2) is 0 Å². The zero-order valence-corrected chi connectivity index (χ0v) is 12.7. The van der Waals surface area contributed by atoms with E-state index >= 15 is 0 Å². The predicted molar refractivity (Wildman–Crippen MR) is 75.4 cm³/mol. The average Bonchev–Trinajstić information content (AvgIpc) is 2.35. The van der Waals surface area contributed by atoms with Crippen LogP contribution in [0.4, 0.5) is 4.79 Å². The van der Waals surface area contributed by atoms with Crippen molar-refractivity contribution in [2.24, 2.45) is 5.41 Å². The third kappa shape index (κ3) is 8.34. The van der Waals surface area contributed by atoms with Crippen LogP contribution >= 0.6 is 0 Å². The van der Waals surface area contributed by atoms with Gasteiger partial charge in [0.05, 0.1) is 0 Å². The highest BCUT2D eigenvalue weighted by molar-refractivity contribution is 5.83. The van der Waals surface area contributed by atoms with Gasteiger partial charge in [-0.3, -0.25) is 9.59 Å². The first-order chi connectivity index (χ1) is 9.18. The van der Waals surface area contributed by atoms with Gasteiger partial charge in [-0.25, -0.2) is 4.79 Å². The molecule has 0 saturated carbocycles. The number of carboxylic acid groups (broad SMARTS) is 1. The van der Waals surface area contributed by atoms with E-state index in [0.29, 0.717) is 19.4 Å². The van der Waals surface area contributed by atoms with E-state index in [0.717, 1.165) is 0 Å². The summed E-state index contributed by atoms with van der Waals surface area (Å²) in [4.78, 5) is 34.6. The van der Waals surface area contributed by atoms with Gasteiger partial charge in [0.2, 0.25) is 5.91 Å². The highest BCUT2D eigenvalue weighted by Gasteiger charge is 2.20. The number of carboxylic acids is 1. The fourth-order valence-electron chi connectivity index (χ4n) is 1.58. The maximum Gasteiger partial charge on any atom is 0.317 e. The summed E-state index contributed by atoms with van der Waals surface area (Å²) in [6.45, 7) is 4.39. The minimum atomic E-state index is -0.813. The summed E-state index contributed by atoms with van der Waals surface area (Å²) in [7, 11) is 3.05. The molecule has 0 bridgehead atoms. The Morgan fingerprint density at radius 3 is 2.30 bits per heavy atom. The van der Waals surface area contributed by atoms with Crippen molar-refractivity contribution in [3.05, 3.63) is 0 Å². The second-order valence-corrected chi connectivity index (χ2v) is 5.57. The molecular weight excluding hydrogens is 262 g/mol. The highest BCUT2D eigenvalue weighted by atomic mass is 16.4. The van der Waals surface area contributed by atoms with Crippen molar-refractivity contribution in [2.45, 2.75) is 33.1 Å². The van der Waals surface area contributed by atoms with Gasteiger partial charge in [-0.15, -0.1) is 0 Å². The SMILES string of the molecule is CNC(=O)CN(C)C(=O)NCCC(C)(C)CCC(=O)O. The number of hydrogen-bond donors (Lipinski definition) is 3. The molecule has 0 atom stereocenters. The number of nitrogens with zero attached hydrogens (tertiary/aromatic N) is 1. The molecule has 0 aromatic heterocycles. The normalized spacial score (nSPS) is 10.8. The maximum absolute atomic E-state index is 11.7. The van der Waals surface area contributed by atoms with Gasteiger partial charge in [-0.05, 0) is 18.3 Å². The number of rotatable bonds is 8. The van der Waals surface area contributed by atoms with Gasteiger partial charge in [-0.1, -0.05) is 13.8 Å². The van der Waals surface area contributed by atoms with Crippen LogP contribution in [0.3, 0.4) is 0 Å². The van der Waals surface area contributed by atoms with Gasteiger partial charge in [0.1, 0.15) is 6.54 Å². The standard InChI is InChI=1S/C13H25N3O4/c1-13(2,6-5-11(18)19)7-8-15-12(20)16(4)9-10(17)14-3/h5-9H2,1-4H3,(H,14,17)(H,15,20)(H,18,19). The number of aliphatic carboxylic acids is 1. The molecule has 3 amide bonds. The lowest BCUT2D eigenvalue weighted by Gasteiger charge is -2.24. The van der Waals surface area contributed by atoms with E-state index in [2.05, 4.69) is 10.6 Å². The fourth-order valence-corrected chi connectivity index (χ4v) is 1.58. The molecule has 20 heavy (non-hydrogen) atoms. The van der Waals surface area contributed by atoms with Crippen LogP contribution in [0.25, 0.3) is 0 Å². The Bertz CT molecular complexity index is 356. The van der Waals surface area contributed by atoms with Crippen molar-refractivity contribution in [1.29, 1.82) is 0 Å². The van der Waals surface area contributed by atoms with Gasteiger partial charge in [-0.2, -0.15) is 0 Å². The molecule has 0 spiro atoms. The Hall–Kier alpha value is -1.79. The summed E-state index contributed by atoms with van der Waals surface area (Å²) in [5.74, 6) is -1.04. The molecule has 7 nitrogen and oxygen atoms in total. The Balaban J connectivity index is 4.00. The number of likely N-dealkylation sites (N-methyl/N-ethyl adjacent to an activating group) is 2. The van der Waals surface area contributed by atoms with Crippen LogP contribution in [0.2, 0.25) is 0 Å². The lowest BCUT2D eigenvalue weighted by atomic mass is 9.84. The molecule has 0 aliphatic carbocycles. The summed E-state index contributed by atoms with van der Waals surface area (Å²) in [6.07, 6.45) is 1.36. The van der Waals surface area contributed by atoms with Crippen molar-refractivity contribution < 1.29 is 19.5 Å². The highest BCUT2D eigenvalue weighted by Crippen LogP contribution is 2.25. The van der Waals surface area contributed by atoms with Crippen LogP contribution in [-0.4, -0.2) is 55.1 Å². The Kier molecular flexibility index (Phi) is 7.64. The molecule has 0 aliphatic heterocycles. The molecule has 0 unspecified atom stereocenters. The average molecular weight is 287 g/mol. The molecule has 0 radical (unpaired) electrons. The van der Waals surface area contributed by atoms with E-state index in [4.69, 9.17) is 5.11 Å². The van der Waals surface area contributed by atoms with Gasteiger partial charge < -0.3 is 20.6 Å². The third-order valence-electron chi connectivity index (χ3n) is 3.10. The number of amides is 3. The molecule has 0 aliphatic rings. The Morgan fingerprint density at radius 2 is 1.80 bits per heavy atom. The summed E-state index contributed by atoms with van der Waals surface area (Å²) in [5, 5.41) is 13.8. The molecule has 7 heteroatoms.